The molecule has 8 heteroatoms. The number of halogens is 1. The van der Waals surface area contributed by atoms with Crippen molar-refractivity contribution < 1.29 is 14.0 Å². The summed E-state index contributed by atoms with van der Waals surface area (Å²) in [5, 5.41) is 3.67. The van der Waals surface area contributed by atoms with E-state index in [1.54, 1.807) is 4.90 Å². The summed E-state index contributed by atoms with van der Waals surface area (Å²) < 4.78 is 15.0. The van der Waals surface area contributed by atoms with E-state index in [4.69, 9.17) is 0 Å². The number of nitrogens with one attached hydrogen (secondary N) is 2. The second-order valence-corrected chi connectivity index (χ2v) is 10.1. The molecule has 1 aliphatic heterocycles. The summed E-state index contributed by atoms with van der Waals surface area (Å²) in [5.74, 6) is -0.263. The van der Waals surface area contributed by atoms with Crippen LogP contribution in [0.5, 0.6) is 0 Å². The fourth-order valence-corrected chi connectivity index (χ4v) is 5.24. The first-order chi connectivity index (χ1) is 18.9. The Labute approximate surface area is 225 Å². The van der Waals surface area contributed by atoms with E-state index in [1.165, 1.54) is 42.9 Å². The molecule has 2 aromatic carbocycles. The van der Waals surface area contributed by atoms with Crippen molar-refractivity contribution in [3.05, 3.63) is 95.7 Å². The van der Waals surface area contributed by atoms with Crippen LogP contribution in [0.25, 0.3) is 27.9 Å². The first-order valence-corrected chi connectivity index (χ1v) is 13.1. The quantitative estimate of drug-likeness (QED) is 0.304. The molecule has 3 heterocycles. The maximum Gasteiger partial charge on any atom is 0.255 e. The molecule has 1 fully saturated rings. The van der Waals surface area contributed by atoms with Gasteiger partial charge in [0.05, 0.1) is 11.1 Å². The predicted octanol–water partition coefficient (Wildman–Crippen LogP) is 6.00. The number of benzene rings is 2. The smallest absolute Gasteiger partial charge is 0.255 e. The lowest BCUT2D eigenvalue weighted by atomic mass is 9.95. The second kappa shape index (κ2) is 9.94. The number of hydrogen-bond acceptors (Lipinski definition) is 4. The Bertz CT molecular complexity index is 1650. The summed E-state index contributed by atoms with van der Waals surface area (Å²) >= 11 is 0. The fourth-order valence-electron chi connectivity index (χ4n) is 5.24. The van der Waals surface area contributed by atoms with Crippen LogP contribution >= 0.6 is 0 Å². The summed E-state index contributed by atoms with van der Waals surface area (Å²) in [5.41, 5.74) is 6.61. The fraction of sp³-hybridized carbons (Fsp3) is 0.226. The first-order valence-electron chi connectivity index (χ1n) is 13.1. The zero-order chi connectivity index (χ0) is 27.1. The van der Waals surface area contributed by atoms with Gasteiger partial charge in [-0.15, -0.1) is 0 Å². The molecule has 0 radical (unpaired) electrons. The topological polar surface area (TPSA) is 91.0 Å². The monoisotopic (exact) mass is 521 g/mol. The van der Waals surface area contributed by atoms with Crippen LogP contribution < -0.4 is 5.32 Å². The van der Waals surface area contributed by atoms with Crippen molar-refractivity contribution in [2.45, 2.75) is 32.1 Å². The zero-order valence-electron chi connectivity index (χ0n) is 21.6. The molecule has 0 unspecified atom stereocenters. The molecule has 2 N–H and O–H groups in total. The van der Waals surface area contributed by atoms with Crippen molar-refractivity contribution in [3.8, 4) is 11.3 Å². The molecule has 4 aromatic rings. The summed E-state index contributed by atoms with van der Waals surface area (Å²) in [6.07, 6.45) is 9.71. The predicted molar refractivity (Wildman–Crippen MR) is 150 cm³/mol. The summed E-state index contributed by atoms with van der Waals surface area (Å²) in [6.45, 7) is 6.47. The average molecular weight is 522 g/mol. The number of hydrogen-bond donors (Lipinski definition) is 2. The SMILES string of the molecule is C=CC(=O)N1CC=C(c2c[nH]c3ncnc(-c4cc(F)cc(NC(=O)c5ccc(C6CC6)cc5)c4C)c23)CC1. The highest BCUT2D eigenvalue weighted by atomic mass is 19.1. The molecule has 7 nitrogen and oxygen atoms in total. The van der Waals surface area contributed by atoms with Crippen LogP contribution in [-0.4, -0.2) is 44.8 Å². The largest absolute Gasteiger partial charge is 0.345 e. The highest BCUT2D eigenvalue weighted by Crippen LogP contribution is 2.40. The number of fused-ring (bicyclic) bond motifs is 1. The van der Waals surface area contributed by atoms with Crippen LogP contribution in [0.2, 0.25) is 0 Å². The van der Waals surface area contributed by atoms with Gasteiger partial charge >= 0.3 is 0 Å². The molecule has 196 valence electrons. The minimum absolute atomic E-state index is 0.0999. The highest BCUT2D eigenvalue weighted by Gasteiger charge is 2.24. The van der Waals surface area contributed by atoms with Gasteiger partial charge in [-0.1, -0.05) is 24.8 Å². The van der Waals surface area contributed by atoms with E-state index in [9.17, 15) is 14.0 Å². The van der Waals surface area contributed by atoms with E-state index in [2.05, 4.69) is 26.8 Å². The lowest BCUT2D eigenvalue weighted by molar-refractivity contribution is -0.125. The number of amides is 2. The highest BCUT2D eigenvalue weighted by molar-refractivity contribution is 6.06. The van der Waals surface area contributed by atoms with Crippen molar-refractivity contribution in [2.75, 3.05) is 18.4 Å². The van der Waals surface area contributed by atoms with Crippen molar-refractivity contribution in [1.82, 2.24) is 19.9 Å². The van der Waals surface area contributed by atoms with Gasteiger partial charge in [-0.25, -0.2) is 14.4 Å². The van der Waals surface area contributed by atoms with Gasteiger partial charge in [0.15, 0.2) is 0 Å². The average Bonchev–Trinajstić information content (AvgIpc) is 3.72. The molecule has 0 atom stereocenters. The first kappa shape index (κ1) is 24.7. The van der Waals surface area contributed by atoms with Crippen LogP contribution in [0.3, 0.4) is 0 Å². The van der Waals surface area contributed by atoms with Crippen LogP contribution in [-0.2, 0) is 4.79 Å². The minimum atomic E-state index is -0.478. The number of aromatic nitrogens is 3. The van der Waals surface area contributed by atoms with Crippen LogP contribution in [0.1, 0.15) is 52.2 Å². The van der Waals surface area contributed by atoms with E-state index in [1.807, 2.05) is 43.5 Å². The lowest BCUT2D eigenvalue weighted by Crippen LogP contribution is -2.33. The molecule has 0 bridgehead atoms. The molecule has 1 aliphatic carbocycles. The molecule has 39 heavy (non-hydrogen) atoms. The maximum absolute atomic E-state index is 15.0. The van der Waals surface area contributed by atoms with Crippen LogP contribution in [0, 0.1) is 12.7 Å². The number of H-pyrrole nitrogens is 1. The summed E-state index contributed by atoms with van der Waals surface area (Å²) in [6, 6.07) is 10.4. The lowest BCUT2D eigenvalue weighted by Gasteiger charge is -2.25. The van der Waals surface area contributed by atoms with Crippen LogP contribution in [0.4, 0.5) is 10.1 Å². The number of nitrogens with zero attached hydrogens (tertiary/aromatic N) is 3. The zero-order valence-corrected chi connectivity index (χ0v) is 21.6. The van der Waals surface area contributed by atoms with E-state index in [0.717, 1.165) is 16.5 Å². The third kappa shape index (κ3) is 4.74. The van der Waals surface area contributed by atoms with Gasteiger partial charge in [-0.3, -0.25) is 9.59 Å². The van der Waals surface area contributed by atoms with Gasteiger partial charge in [-0.05, 0) is 79.1 Å². The standard InChI is InChI=1S/C31H28FN5O2/c1-3-27(38)37-12-10-21(11-13-37)25-16-33-30-28(25)29(34-17-35-30)24-14-23(32)15-26(18(24)2)36-31(39)22-8-6-20(7-9-22)19-4-5-19/h3,6-10,14-17,19H,1,4-5,11-13H2,2H3,(H,36,39)(H,33,34,35). The van der Waals surface area contributed by atoms with Gasteiger partial charge in [-0.2, -0.15) is 0 Å². The summed E-state index contributed by atoms with van der Waals surface area (Å²) in [4.78, 5) is 38.9. The van der Waals surface area contributed by atoms with E-state index < -0.39 is 5.82 Å². The molecule has 6 rings (SSSR count). The Morgan fingerprint density at radius 1 is 1.15 bits per heavy atom. The Hall–Kier alpha value is -4.59. The Balaban J connectivity index is 1.35. The number of rotatable bonds is 6. The van der Waals surface area contributed by atoms with Gasteiger partial charge < -0.3 is 15.2 Å². The Kier molecular flexibility index (Phi) is 6.30. The van der Waals surface area contributed by atoms with Crippen molar-refractivity contribution >= 4 is 34.1 Å². The molecule has 0 saturated heterocycles. The Morgan fingerprint density at radius 3 is 2.64 bits per heavy atom. The number of carbonyl (C=O) groups excluding carboxylic acids is 2. The molecule has 2 aliphatic rings. The molecule has 2 aromatic heterocycles. The van der Waals surface area contributed by atoms with E-state index in [0.29, 0.717) is 59.1 Å². The van der Waals surface area contributed by atoms with Gasteiger partial charge in [0, 0.05) is 41.7 Å². The maximum atomic E-state index is 15.0. The van der Waals surface area contributed by atoms with E-state index >= 15 is 0 Å². The number of anilines is 1. The normalized spacial score (nSPS) is 15.2. The van der Waals surface area contributed by atoms with Gasteiger partial charge in [0.25, 0.3) is 5.91 Å². The third-order valence-electron chi connectivity index (χ3n) is 7.61. The molecular weight excluding hydrogens is 493 g/mol. The minimum Gasteiger partial charge on any atom is -0.345 e. The molecule has 2 amide bonds. The third-order valence-corrected chi connectivity index (χ3v) is 7.61. The Morgan fingerprint density at radius 2 is 1.95 bits per heavy atom. The summed E-state index contributed by atoms with van der Waals surface area (Å²) in [7, 11) is 0. The molecule has 1 saturated carbocycles. The second-order valence-electron chi connectivity index (χ2n) is 10.1. The van der Waals surface area contributed by atoms with E-state index in [-0.39, 0.29) is 11.8 Å². The van der Waals surface area contributed by atoms with Crippen LogP contribution in [0.15, 0.2) is 67.7 Å². The van der Waals surface area contributed by atoms with Gasteiger partial charge in [0.1, 0.15) is 17.8 Å². The number of aromatic amines is 1. The van der Waals surface area contributed by atoms with Gasteiger partial charge in [0.2, 0.25) is 5.91 Å². The van der Waals surface area contributed by atoms with Crippen molar-refractivity contribution in [1.29, 1.82) is 0 Å². The molecule has 0 spiro atoms. The van der Waals surface area contributed by atoms with Crippen molar-refractivity contribution in [2.24, 2.45) is 0 Å². The van der Waals surface area contributed by atoms with Crippen molar-refractivity contribution in [3.63, 3.8) is 0 Å². The number of carbonyl (C=O) groups is 2. The molecular formula is C31H28FN5O2.